The number of halogens is 3. The van der Waals surface area contributed by atoms with Crippen LogP contribution in [-0.2, 0) is 6.42 Å². The molecule has 2 rings (SSSR count). The first-order valence-electron chi connectivity index (χ1n) is 6.51. The first kappa shape index (κ1) is 15.6. The number of rotatable bonds is 6. The van der Waals surface area contributed by atoms with Crippen molar-refractivity contribution in [3.05, 3.63) is 56.2 Å². The van der Waals surface area contributed by atoms with E-state index in [4.69, 9.17) is 0 Å². The molecule has 108 valence electrons. The first-order valence-corrected chi connectivity index (χ1v) is 8.18. The summed E-state index contributed by atoms with van der Waals surface area (Å²) in [7, 11) is 0. The fraction of sp³-hybridized carbons (Fsp3) is 0.333. The van der Waals surface area contributed by atoms with Gasteiger partial charge in [0.2, 0.25) is 0 Å². The fourth-order valence-electron chi connectivity index (χ4n) is 2.09. The van der Waals surface area contributed by atoms with Crippen molar-refractivity contribution in [3.8, 4) is 0 Å². The minimum atomic E-state index is -0.528. The molecule has 1 nitrogen and oxygen atoms in total. The summed E-state index contributed by atoms with van der Waals surface area (Å²) in [5, 5.41) is 5.44. The molecule has 0 spiro atoms. The highest BCUT2D eigenvalue weighted by Gasteiger charge is 2.16. The third-order valence-electron chi connectivity index (χ3n) is 2.96. The van der Waals surface area contributed by atoms with Crippen molar-refractivity contribution in [2.24, 2.45) is 0 Å². The average molecular weight is 360 g/mol. The molecule has 0 radical (unpaired) electrons. The predicted molar refractivity (Wildman–Crippen MR) is 83.1 cm³/mol. The Kier molecular flexibility index (Phi) is 5.69. The maximum Gasteiger partial charge on any atom is 0.126 e. The standard InChI is InChI=1S/C15H16BrF2NS/c1-2-4-19-14(15-13(16)3-5-20-15)8-10-6-11(17)9-12(18)7-10/h3,5-7,9,14,19H,2,4,8H2,1H3. The second kappa shape index (κ2) is 7.29. The molecule has 1 aromatic heterocycles. The van der Waals surface area contributed by atoms with E-state index < -0.39 is 11.6 Å². The smallest absolute Gasteiger partial charge is 0.126 e. The second-order valence-corrected chi connectivity index (χ2v) is 6.42. The van der Waals surface area contributed by atoms with Gasteiger partial charge in [-0.1, -0.05) is 6.92 Å². The zero-order valence-corrected chi connectivity index (χ0v) is 13.5. The van der Waals surface area contributed by atoms with Crippen LogP contribution in [0.25, 0.3) is 0 Å². The monoisotopic (exact) mass is 359 g/mol. The number of thiophene rings is 1. The van der Waals surface area contributed by atoms with Crippen molar-refractivity contribution in [1.29, 1.82) is 0 Å². The van der Waals surface area contributed by atoms with Crippen LogP contribution in [0.1, 0.15) is 29.8 Å². The van der Waals surface area contributed by atoms with Crippen molar-refractivity contribution < 1.29 is 8.78 Å². The van der Waals surface area contributed by atoms with Gasteiger partial charge in [-0.2, -0.15) is 0 Å². The topological polar surface area (TPSA) is 12.0 Å². The fourth-order valence-corrected chi connectivity index (χ4v) is 3.82. The Balaban J connectivity index is 2.21. The predicted octanol–water partition coefficient (Wildman–Crippen LogP) is 5.07. The molecule has 0 saturated heterocycles. The minimum Gasteiger partial charge on any atom is -0.309 e. The zero-order valence-electron chi connectivity index (χ0n) is 11.1. The molecule has 0 amide bonds. The highest BCUT2D eigenvalue weighted by molar-refractivity contribution is 9.10. The normalized spacial score (nSPS) is 12.6. The molecule has 1 unspecified atom stereocenters. The van der Waals surface area contributed by atoms with Crippen LogP contribution in [-0.4, -0.2) is 6.54 Å². The van der Waals surface area contributed by atoms with E-state index in [2.05, 4.69) is 28.2 Å². The Bertz CT molecular complexity index is 551. The van der Waals surface area contributed by atoms with Gasteiger partial charge in [0.1, 0.15) is 11.6 Å². The molecule has 0 aliphatic rings. The van der Waals surface area contributed by atoms with Crippen molar-refractivity contribution in [3.63, 3.8) is 0 Å². The van der Waals surface area contributed by atoms with Crippen LogP contribution in [0.15, 0.2) is 34.1 Å². The molecule has 5 heteroatoms. The van der Waals surface area contributed by atoms with Gasteiger partial charge in [0.25, 0.3) is 0 Å². The van der Waals surface area contributed by atoms with E-state index in [-0.39, 0.29) is 6.04 Å². The molecular weight excluding hydrogens is 344 g/mol. The van der Waals surface area contributed by atoms with Crippen LogP contribution in [0.3, 0.4) is 0 Å². The molecule has 1 heterocycles. The van der Waals surface area contributed by atoms with E-state index in [9.17, 15) is 8.78 Å². The molecule has 0 saturated carbocycles. The lowest BCUT2D eigenvalue weighted by Crippen LogP contribution is -2.23. The molecule has 0 aliphatic heterocycles. The summed E-state index contributed by atoms with van der Waals surface area (Å²) in [5.41, 5.74) is 0.663. The molecule has 1 N–H and O–H groups in total. The summed E-state index contributed by atoms with van der Waals surface area (Å²) in [6, 6.07) is 5.74. The molecule has 1 aromatic carbocycles. The summed E-state index contributed by atoms with van der Waals surface area (Å²) in [5.74, 6) is -1.06. The molecule has 0 fully saturated rings. The average Bonchev–Trinajstić information content (AvgIpc) is 2.79. The van der Waals surface area contributed by atoms with Gasteiger partial charge in [-0.25, -0.2) is 8.78 Å². The van der Waals surface area contributed by atoms with Crippen molar-refractivity contribution in [2.45, 2.75) is 25.8 Å². The van der Waals surface area contributed by atoms with Crippen LogP contribution in [0, 0.1) is 11.6 Å². The zero-order chi connectivity index (χ0) is 14.5. The van der Waals surface area contributed by atoms with E-state index in [0.29, 0.717) is 12.0 Å². The van der Waals surface area contributed by atoms with E-state index in [1.807, 2.05) is 11.4 Å². The maximum absolute atomic E-state index is 13.3. The van der Waals surface area contributed by atoms with Gasteiger partial charge in [0, 0.05) is 21.5 Å². The lowest BCUT2D eigenvalue weighted by atomic mass is 10.0. The number of hydrogen-bond donors (Lipinski definition) is 1. The van der Waals surface area contributed by atoms with Gasteiger partial charge >= 0.3 is 0 Å². The first-order chi connectivity index (χ1) is 9.60. The SMILES string of the molecule is CCCNC(Cc1cc(F)cc(F)c1)c1sccc1Br. The van der Waals surface area contributed by atoms with Gasteiger partial charge in [-0.3, -0.25) is 0 Å². The van der Waals surface area contributed by atoms with Crippen LogP contribution in [0.2, 0.25) is 0 Å². The summed E-state index contributed by atoms with van der Waals surface area (Å²) >= 11 is 5.16. The largest absolute Gasteiger partial charge is 0.309 e. The van der Waals surface area contributed by atoms with Crippen LogP contribution >= 0.6 is 27.3 Å². The van der Waals surface area contributed by atoms with E-state index in [1.54, 1.807) is 11.3 Å². The summed E-state index contributed by atoms with van der Waals surface area (Å²) in [6.07, 6.45) is 1.57. The van der Waals surface area contributed by atoms with Gasteiger partial charge < -0.3 is 5.32 Å². The van der Waals surface area contributed by atoms with Gasteiger partial charge in [-0.05, 0) is 64.5 Å². The van der Waals surface area contributed by atoms with E-state index in [1.165, 1.54) is 12.1 Å². The van der Waals surface area contributed by atoms with Crippen molar-refractivity contribution >= 4 is 27.3 Å². The Morgan fingerprint density at radius 2 is 1.95 bits per heavy atom. The van der Waals surface area contributed by atoms with Crippen molar-refractivity contribution in [2.75, 3.05) is 6.54 Å². The molecule has 0 aliphatic carbocycles. The quantitative estimate of drug-likeness (QED) is 0.758. The van der Waals surface area contributed by atoms with Crippen molar-refractivity contribution in [1.82, 2.24) is 5.32 Å². The number of benzene rings is 1. The lowest BCUT2D eigenvalue weighted by Gasteiger charge is -2.18. The minimum absolute atomic E-state index is 0.0607. The highest BCUT2D eigenvalue weighted by Crippen LogP contribution is 2.31. The molecule has 2 aromatic rings. The second-order valence-electron chi connectivity index (χ2n) is 4.62. The summed E-state index contributed by atoms with van der Waals surface area (Å²) < 4.78 is 27.6. The Hall–Kier alpha value is -0.780. The summed E-state index contributed by atoms with van der Waals surface area (Å²) in [6.45, 7) is 2.96. The maximum atomic E-state index is 13.3. The molecule has 0 bridgehead atoms. The van der Waals surface area contributed by atoms with Crippen LogP contribution in [0.4, 0.5) is 8.78 Å². The van der Waals surface area contributed by atoms with Gasteiger partial charge in [-0.15, -0.1) is 11.3 Å². The molecule has 20 heavy (non-hydrogen) atoms. The molecular formula is C15H16BrF2NS. The third kappa shape index (κ3) is 4.11. The number of nitrogens with one attached hydrogen (secondary N) is 1. The third-order valence-corrected chi connectivity index (χ3v) is 4.95. The highest BCUT2D eigenvalue weighted by atomic mass is 79.9. The lowest BCUT2D eigenvalue weighted by molar-refractivity contribution is 0.528. The summed E-state index contributed by atoms with van der Waals surface area (Å²) in [4.78, 5) is 1.16. The van der Waals surface area contributed by atoms with E-state index >= 15 is 0 Å². The van der Waals surface area contributed by atoms with Crippen LogP contribution < -0.4 is 5.32 Å². The Labute approximate surface area is 130 Å². The number of hydrogen-bond acceptors (Lipinski definition) is 2. The van der Waals surface area contributed by atoms with Gasteiger partial charge in [0.15, 0.2) is 0 Å². The van der Waals surface area contributed by atoms with Gasteiger partial charge in [0.05, 0.1) is 0 Å². The van der Waals surface area contributed by atoms with E-state index in [0.717, 1.165) is 28.4 Å². The Morgan fingerprint density at radius 3 is 2.50 bits per heavy atom. The Morgan fingerprint density at radius 1 is 1.25 bits per heavy atom. The van der Waals surface area contributed by atoms with Crippen LogP contribution in [0.5, 0.6) is 0 Å². The molecule has 1 atom stereocenters.